The highest BCUT2D eigenvalue weighted by Gasteiger charge is 2.37. The summed E-state index contributed by atoms with van der Waals surface area (Å²) < 4.78 is 12.3. The van der Waals surface area contributed by atoms with E-state index in [0.29, 0.717) is 16.7 Å². The number of halogens is 1. The summed E-state index contributed by atoms with van der Waals surface area (Å²) >= 11 is 3.47. The van der Waals surface area contributed by atoms with Gasteiger partial charge in [-0.1, -0.05) is 109 Å². The Morgan fingerprint density at radius 2 is 0.824 bits per heavy atom. The number of rotatable bonds is 18. The highest BCUT2D eigenvalue weighted by atomic mass is 79.9. The van der Waals surface area contributed by atoms with Crippen molar-refractivity contribution < 1.29 is 14.0 Å². The van der Waals surface area contributed by atoms with Gasteiger partial charge in [-0.25, -0.2) is 0 Å². The number of hydrogen-bond acceptors (Lipinski definition) is 3. The third kappa shape index (κ3) is 19.9. The van der Waals surface area contributed by atoms with E-state index in [4.69, 9.17) is 14.0 Å². The second-order valence-corrected chi connectivity index (χ2v) is 23.3. The highest BCUT2D eigenvalue weighted by Crippen LogP contribution is 2.37. The zero-order valence-electron chi connectivity index (χ0n) is 25.0. The zero-order chi connectivity index (χ0) is 26.7. The Morgan fingerprint density at radius 3 is 1.12 bits per heavy atom. The van der Waals surface area contributed by atoms with Crippen molar-refractivity contribution in [3.63, 3.8) is 0 Å². The lowest BCUT2D eigenvalue weighted by Crippen LogP contribution is -2.40. The monoisotopic (exact) mass is 582 g/mol. The average Bonchev–Trinajstić information content (AvgIpc) is 2.70. The standard InChI is InChI=1S/C14H31BrOSi.C14H32O2Si/c2*1-14(2,3)17(4,5)16-13-11-9-7-6-8-10-12-15/h6-13H2,1-5H3;15H,6-13H2,1-5H3. The summed E-state index contributed by atoms with van der Waals surface area (Å²) in [6.45, 7) is 25.3. The number of aliphatic hydroxyl groups is 1. The maximum absolute atomic E-state index is 8.66. The Hall–Kier alpha value is 0.794. The summed E-state index contributed by atoms with van der Waals surface area (Å²) in [4.78, 5) is 0. The molecule has 0 saturated carbocycles. The van der Waals surface area contributed by atoms with Crippen molar-refractivity contribution in [1.29, 1.82) is 0 Å². The van der Waals surface area contributed by atoms with Gasteiger partial charge in [-0.05, 0) is 61.9 Å². The predicted molar refractivity (Wildman–Crippen MR) is 163 cm³/mol. The van der Waals surface area contributed by atoms with Gasteiger partial charge < -0.3 is 14.0 Å². The van der Waals surface area contributed by atoms with Gasteiger partial charge in [-0.2, -0.15) is 0 Å². The molecular formula is C28H63BrO3Si2. The Bertz CT molecular complexity index is 416. The van der Waals surface area contributed by atoms with E-state index in [0.717, 1.165) is 25.0 Å². The molecule has 0 aliphatic carbocycles. The van der Waals surface area contributed by atoms with Crippen LogP contribution in [0.5, 0.6) is 0 Å². The van der Waals surface area contributed by atoms with Crippen molar-refractivity contribution in [2.45, 2.75) is 155 Å². The van der Waals surface area contributed by atoms with Gasteiger partial charge >= 0.3 is 0 Å². The first-order valence-electron chi connectivity index (χ1n) is 14.1. The minimum atomic E-state index is -1.52. The van der Waals surface area contributed by atoms with Crippen LogP contribution >= 0.6 is 15.9 Å². The normalized spacial score (nSPS) is 13.1. The Balaban J connectivity index is 0. The topological polar surface area (TPSA) is 38.7 Å². The number of hydrogen-bond donors (Lipinski definition) is 1. The maximum atomic E-state index is 8.66. The van der Waals surface area contributed by atoms with Crippen molar-refractivity contribution >= 4 is 32.6 Å². The van der Waals surface area contributed by atoms with E-state index in [-0.39, 0.29) is 0 Å². The summed E-state index contributed by atoms with van der Waals surface area (Å²) in [6.07, 6.45) is 15.1. The molecule has 0 amide bonds. The molecule has 34 heavy (non-hydrogen) atoms. The van der Waals surface area contributed by atoms with Crippen LogP contribution in [0.4, 0.5) is 0 Å². The fourth-order valence-electron chi connectivity index (χ4n) is 2.91. The van der Waals surface area contributed by atoms with Crippen molar-refractivity contribution in [3.05, 3.63) is 0 Å². The van der Waals surface area contributed by atoms with Crippen LogP contribution in [0.25, 0.3) is 0 Å². The molecule has 0 saturated heterocycles. The molecule has 0 aromatic heterocycles. The highest BCUT2D eigenvalue weighted by molar-refractivity contribution is 9.09. The molecule has 0 fully saturated rings. The summed E-state index contributed by atoms with van der Waals surface area (Å²) in [5.41, 5.74) is 0. The smallest absolute Gasteiger partial charge is 0.191 e. The Kier molecular flexibility index (Phi) is 21.6. The van der Waals surface area contributed by atoms with Gasteiger partial charge in [-0.3, -0.25) is 0 Å². The summed E-state index contributed by atoms with van der Waals surface area (Å²) in [7, 11) is -3.01. The largest absolute Gasteiger partial charge is 0.417 e. The quantitative estimate of drug-likeness (QED) is 0.0991. The van der Waals surface area contributed by atoms with E-state index in [1.807, 2.05) is 0 Å². The van der Waals surface area contributed by atoms with Gasteiger partial charge in [0, 0.05) is 25.2 Å². The van der Waals surface area contributed by atoms with Crippen molar-refractivity contribution in [1.82, 2.24) is 0 Å². The van der Waals surface area contributed by atoms with Crippen molar-refractivity contribution in [3.8, 4) is 0 Å². The second-order valence-electron chi connectivity index (χ2n) is 12.9. The molecule has 0 aliphatic heterocycles. The third-order valence-electron chi connectivity index (χ3n) is 7.62. The lowest BCUT2D eigenvalue weighted by Gasteiger charge is -2.36. The molecule has 0 heterocycles. The third-order valence-corrected chi connectivity index (χ3v) is 17.3. The Morgan fingerprint density at radius 1 is 0.529 bits per heavy atom. The molecule has 3 nitrogen and oxygen atoms in total. The molecule has 0 aromatic carbocycles. The van der Waals surface area contributed by atoms with E-state index in [1.54, 1.807) is 0 Å². The fraction of sp³-hybridized carbons (Fsp3) is 1.00. The summed E-state index contributed by atoms with van der Waals surface area (Å²) in [5.74, 6) is 0. The van der Waals surface area contributed by atoms with Gasteiger partial charge in [0.05, 0.1) is 0 Å². The summed E-state index contributed by atoms with van der Waals surface area (Å²) in [6, 6.07) is 0. The fourth-order valence-corrected chi connectivity index (χ4v) is 5.48. The molecule has 0 aliphatic rings. The van der Waals surface area contributed by atoms with E-state index in [1.165, 1.54) is 70.6 Å². The van der Waals surface area contributed by atoms with Crippen LogP contribution in [0.3, 0.4) is 0 Å². The van der Waals surface area contributed by atoms with Crippen molar-refractivity contribution in [2.75, 3.05) is 25.2 Å². The first-order valence-corrected chi connectivity index (χ1v) is 21.0. The van der Waals surface area contributed by atoms with Gasteiger partial charge in [0.25, 0.3) is 0 Å². The first-order chi connectivity index (χ1) is 15.6. The number of alkyl halides is 1. The first kappa shape index (κ1) is 36.9. The minimum absolute atomic E-state index is 0.328. The van der Waals surface area contributed by atoms with Crippen LogP contribution in [-0.4, -0.2) is 46.9 Å². The molecule has 208 valence electrons. The second kappa shape index (κ2) is 19.8. The molecule has 0 aromatic rings. The molecular weight excluding hydrogens is 520 g/mol. The van der Waals surface area contributed by atoms with E-state index in [2.05, 4.69) is 83.7 Å². The van der Waals surface area contributed by atoms with E-state index < -0.39 is 16.6 Å². The molecule has 0 bridgehead atoms. The lowest BCUT2D eigenvalue weighted by atomic mass is 10.1. The van der Waals surface area contributed by atoms with Gasteiger partial charge in [0.15, 0.2) is 16.6 Å². The maximum Gasteiger partial charge on any atom is 0.191 e. The summed E-state index contributed by atoms with van der Waals surface area (Å²) in [5, 5.41) is 10.5. The van der Waals surface area contributed by atoms with Crippen LogP contribution in [0, 0.1) is 0 Å². The van der Waals surface area contributed by atoms with Crippen LogP contribution < -0.4 is 0 Å². The predicted octanol–water partition coefficient (Wildman–Crippen LogP) is 10.1. The average molecular weight is 584 g/mol. The van der Waals surface area contributed by atoms with Crippen LogP contribution in [0.15, 0.2) is 0 Å². The minimum Gasteiger partial charge on any atom is -0.417 e. The van der Waals surface area contributed by atoms with Gasteiger partial charge in [0.2, 0.25) is 0 Å². The molecule has 6 heteroatoms. The molecule has 0 spiro atoms. The SMILES string of the molecule is CC(C)(C)[Si](C)(C)OCCCCCCCCBr.CC(C)(C)[Si](C)(C)OCCCCCCCCO. The lowest BCUT2D eigenvalue weighted by molar-refractivity contribution is 0.272. The zero-order valence-corrected chi connectivity index (χ0v) is 28.5. The van der Waals surface area contributed by atoms with Crippen LogP contribution in [0.1, 0.15) is 119 Å². The number of unbranched alkanes of at least 4 members (excludes halogenated alkanes) is 10. The molecule has 0 unspecified atom stereocenters. The van der Waals surface area contributed by atoms with E-state index in [9.17, 15) is 0 Å². The molecule has 0 rings (SSSR count). The van der Waals surface area contributed by atoms with Crippen molar-refractivity contribution in [2.24, 2.45) is 0 Å². The molecule has 0 radical (unpaired) electrons. The van der Waals surface area contributed by atoms with Gasteiger partial charge in [0.1, 0.15) is 0 Å². The van der Waals surface area contributed by atoms with Crippen LogP contribution in [-0.2, 0) is 8.85 Å². The molecule has 0 atom stereocenters. The number of aliphatic hydroxyl groups excluding tert-OH is 1. The van der Waals surface area contributed by atoms with Crippen LogP contribution in [0.2, 0.25) is 36.3 Å². The van der Waals surface area contributed by atoms with E-state index >= 15 is 0 Å². The molecule has 1 N–H and O–H groups in total. The van der Waals surface area contributed by atoms with Gasteiger partial charge in [-0.15, -0.1) is 0 Å². The Labute approximate surface area is 225 Å².